The molecule has 0 saturated heterocycles. The molecule has 2 heterocycles. The molecule has 0 spiro atoms. The first kappa shape index (κ1) is 19.6. The lowest BCUT2D eigenvalue weighted by Crippen LogP contribution is -2.20. The molecule has 0 atom stereocenters. The average molecular weight is 383 g/mol. The molecule has 0 bridgehead atoms. The number of fused-ring (bicyclic) bond motifs is 1. The molecule has 26 heavy (non-hydrogen) atoms. The summed E-state index contributed by atoms with van der Waals surface area (Å²) in [5.41, 5.74) is -0.0829. The van der Waals surface area contributed by atoms with Gasteiger partial charge < -0.3 is 10.1 Å². The number of benzene rings is 1. The van der Waals surface area contributed by atoms with Crippen LogP contribution in [-0.4, -0.2) is 20.6 Å². The van der Waals surface area contributed by atoms with Gasteiger partial charge in [-0.25, -0.2) is 13.8 Å². The third kappa shape index (κ3) is 3.91. The van der Waals surface area contributed by atoms with Gasteiger partial charge in [0.2, 0.25) is 5.95 Å². The van der Waals surface area contributed by atoms with Crippen molar-refractivity contribution in [3.63, 3.8) is 0 Å². The van der Waals surface area contributed by atoms with E-state index in [-0.39, 0.29) is 29.9 Å². The number of aromatic nitrogens is 3. The van der Waals surface area contributed by atoms with E-state index in [4.69, 9.17) is 4.74 Å². The van der Waals surface area contributed by atoms with E-state index in [0.29, 0.717) is 23.0 Å². The van der Waals surface area contributed by atoms with E-state index in [0.717, 1.165) is 12.1 Å². The second-order valence-electron chi connectivity index (χ2n) is 5.82. The summed E-state index contributed by atoms with van der Waals surface area (Å²) in [6.45, 7) is 3.89. The summed E-state index contributed by atoms with van der Waals surface area (Å²) in [7, 11) is 1.53. The highest BCUT2D eigenvalue weighted by atomic mass is 35.5. The van der Waals surface area contributed by atoms with Crippen LogP contribution in [0, 0.1) is 11.6 Å². The molecule has 9 heteroatoms. The first-order valence-corrected chi connectivity index (χ1v) is 7.61. The van der Waals surface area contributed by atoms with Gasteiger partial charge in [0.25, 0.3) is 5.56 Å². The normalized spacial score (nSPS) is 10.7. The summed E-state index contributed by atoms with van der Waals surface area (Å²) >= 11 is 0. The van der Waals surface area contributed by atoms with Crippen molar-refractivity contribution in [3.8, 4) is 11.5 Å². The third-order valence-corrected chi connectivity index (χ3v) is 3.45. The van der Waals surface area contributed by atoms with Crippen LogP contribution >= 0.6 is 12.4 Å². The first-order chi connectivity index (χ1) is 11.8. The first-order valence-electron chi connectivity index (χ1n) is 7.61. The van der Waals surface area contributed by atoms with Gasteiger partial charge in [-0.15, -0.1) is 12.4 Å². The Morgan fingerprint density at radius 1 is 1.19 bits per heavy atom. The lowest BCUT2D eigenvalue weighted by atomic mass is 10.3. The molecule has 0 radical (unpaired) electrons. The van der Waals surface area contributed by atoms with Gasteiger partial charge in [0.15, 0.2) is 17.3 Å². The van der Waals surface area contributed by atoms with Crippen molar-refractivity contribution in [3.05, 3.63) is 52.5 Å². The highest BCUT2D eigenvalue weighted by Crippen LogP contribution is 2.24. The van der Waals surface area contributed by atoms with E-state index in [9.17, 15) is 13.6 Å². The molecular formula is C17H17ClF2N4O2. The molecule has 138 valence electrons. The Hall–Kier alpha value is -2.74. The fraction of sp³-hybridized carbons (Fsp3) is 0.235. The maximum atomic E-state index is 13.7. The Balaban J connectivity index is 0.00000243. The number of nitrogens with zero attached hydrogens (tertiary/aromatic N) is 3. The lowest BCUT2D eigenvalue weighted by Gasteiger charge is -2.12. The van der Waals surface area contributed by atoms with Crippen LogP contribution in [0.1, 0.15) is 13.8 Å². The average Bonchev–Trinajstić information content (AvgIpc) is 2.55. The zero-order chi connectivity index (χ0) is 18.1. The van der Waals surface area contributed by atoms with Crippen molar-refractivity contribution in [1.82, 2.24) is 14.5 Å². The summed E-state index contributed by atoms with van der Waals surface area (Å²) in [5, 5.41) is 3.61. The van der Waals surface area contributed by atoms with Crippen LogP contribution < -0.4 is 15.6 Å². The molecule has 3 rings (SSSR count). The van der Waals surface area contributed by atoms with Gasteiger partial charge in [0.05, 0.1) is 0 Å². The van der Waals surface area contributed by atoms with Gasteiger partial charge in [0.1, 0.15) is 11.5 Å². The third-order valence-electron chi connectivity index (χ3n) is 3.45. The molecule has 0 amide bonds. The fourth-order valence-corrected chi connectivity index (χ4v) is 2.29. The summed E-state index contributed by atoms with van der Waals surface area (Å²) in [4.78, 5) is 21.0. The fourth-order valence-electron chi connectivity index (χ4n) is 2.29. The minimum atomic E-state index is -0.894. The van der Waals surface area contributed by atoms with Gasteiger partial charge in [-0.1, -0.05) is 0 Å². The summed E-state index contributed by atoms with van der Waals surface area (Å²) in [6.07, 6.45) is 1.54. The second kappa shape index (κ2) is 7.65. The Labute approximate surface area is 154 Å². The number of halogens is 3. The van der Waals surface area contributed by atoms with Crippen molar-refractivity contribution in [2.24, 2.45) is 7.05 Å². The Bertz CT molecular complexity index is 1010. The standard InChI is InChI=1S/C17H16F2N4O2.ClH/c1-9(2)21-17-20-8-10-6-14(16(24)23(3)15(10)22-17)25-13-5-4-11(18)7-12(13)19;/h4-9H,1-3H3,(H,20,21,22);1H. The molecule has 0 aliphatic heterocycles. The van der Waals surface area contributed by atoms with Gasteiger partial charge in [-0.2, -0.15) is 4.98 Å². The molecule has 0 fully saturated rings. The summed E-state index contributed by atoms with van der Waals surface area (Å²) < 4.78 is 33.4. The Morgan fingerprint density at radius 2 is 1.92 bits per heavy atom. The zero-order valence-corrected chi connectivity index (χ0v) is 15.1. The lowest BCUT2D eigenvalue weighted by molar-refractivity contribution is 0.430. The highest BCUT2D eigenvalue weighted by Gasteiger charge is 2.14. The SMILES string of the molecule is CC(C)Nc1ncc2cc(Oc3ccc(F)cc3F)c(=O)n(C)c2n1.Cl. The van der Waals surface area contributed by atoms with E-state index >= 15 is 0 Å². The van der Waals surface area contributed by atoms with Crippen molar-refractivity contribution >= 4 is 29.4 Å². The van der Waals surface area contributed by atoms with Crippen molar-refractivity contribution < 1.29 is 13.5 Å². The molecule has 6 nitrogen and oxygen atoms in total. The van der Waals surface area contributed by atoms with Gasteiger partial charge >= 0.3 is 0 Å². The number of ether oxygens (including phenoxy) is 1. The van der Waals surface area contributed by atoms with Crippen LogP contribution in [0.25, 0.3) is 11.0 Å². The van der Waals surface area contributed by atoms with E-state index in [1.807, 2.05) is 13.8 Å². The molecule has 0 aliphatic carbocycles. The zero-order valence-electron chi connectivity index (χ0n) is 14.3. The molecule has 1 aromatic carbocycles. The van der Waals surface area contributed by atoms with Crippen molar-refractivity contribution in [1.29, 1.82) is 0 Å². The monoisotopic (exact) mass is 382 g/mol. The largest absolute Gasteiger partial charge is 0.448 e. The number of rotatable bonds is 4. The smallest absolute Gasteiger partial charge is 0.294 e. The predicted molar refractivity (Wildman–Crippen MR) is 97.2 cm³/mol. The maximum absolute atomic E-state index is 13.7. The number of aryl methyl sites for hydroxylation is 1. The molecule has 2 aromatic heterocycles. The van der Waals surface area contributed by atoms with Crippen LogP contribution in [0.15, 0.2) is 35.3 Å². The number of hydrogen-bond acceptors (Lipinski definition) is 5. The van der Waals surface area contributed by atoms with Crippen LogP contribution in [0.3, 0.4) is 0 Å². The van der Waals surface area contributed by atoms with Gasteiger partial charge in [-0.05, 0) is 32.0 Å². The molecule has 0 aliphatic rings. The molecule has 0 saturated carbocycles. The quantitative estimate of drug-likeness (QED) is 0.746. The topological polar surface area (TPSA) is 69.0 Å². The Kier molecular flexibility index (Phi) is 5.76. The minimum Gasteiger partial charge on any atom is -0.448 e. The minimum absolute atomic E-state index is 0. The van der Waals surface area contributed by atoms with Gasteiger partial charge in [-0.3, -0.25) is 9.36 Å². The maximum Gasteiger partial charge on any atom is 0.294 e. The number of pyridine rings is 1. The van der Waals surface area contributed by atoms with E-state index < -0.39 is 17.2 Å². The van der Waals surface area contributed by atoms with Crippen LogP contribution in [0.5, 0.6) is 11.5 Å². The van der Waals surface area contributed by atoms with E-state index in [1.54, 1.807) is 6.20 Å². The van der Waals surface area contributed by atoms with Crippen LogP contribution in [-0.2, 0) is 7.05 Å². The van der Waals surface area contributed by atoms with Gasteiger partial charge in [0, 0.05) is 30.7 Å². The summed E-state index contributed by atoms with van der Waals surface area (Å²) in [5.74, 6) is -1.56. The van der Waals surface area contributed by atoms with Crippen LogP contribution in [0.2, 0.25) is 0 Å². The van der Waals surface area contributed by atoms with Crippen LogP contribution in [0.4, 0.5) is 14.7 Å². The number of anilines is 1. The van der Waals surface area contributed by atoms with Crippen molar-refractivity contribution in [2.45, 2.75) is 19.9 Å². The molecular weight excluding hydrogens is 366 g/mol. The molecule has 3 aromatic rings. The van der Waals surface area contributed by atoms with E-state index in [1.165, 1.54) is 17.7 Å². The van der Waals surface area contributed by atoms with Crippen molar-refractivity contribution in [2.75, 3.05) is 5.32 Å². The summed E-state index contributed by atoms with van der Waals surface area (Å²) in [6, 6.07) is 4.43. The van der Waals surface area contributed by atoms with E-state index in [2.05, 4.69) is 15.3 Å². The number of hydrogen-bond donors (Lipinski definition) is 1. The molecule has 0 unspecified atom stereocenters. The number of nitrogens with one attached hydrogen (secondary N) is 1. The second-order valence-corrected chi connectivity index (χ2v) is 5.82. The molecule has 1 N–H and O–H groups in total. The Morgan fingerprint density at radius 3 is 2.58 bits per heavy atom. The predicted octanol–water partition coefficient (Wildman–Crippen LogP) is 3.64. The highest BCUT2D eigenvalue weighted by molar-refractivity contribution is 5.85.